The first-order valence-corrected chi connectivity index (χ1v) is 6.30. The summed E-state index contributed by atoms with van der Waals surface area (Å²) in [7, 11) is -3.11. The van der Waals surface area contributed by atoms with Gasteiger partial charge in [0.2, 0.25) is 15.9 Å². The van der Waals surface area contributed by atoms with E-state index in [0.717, 1.165) is 6.26 Å². The van der Waals surface area contributed by atoms with Crippen LogP contribution < -0.4 is 10.0 Å². The lowest BCUT2D eigenvalue weighted by Gasteiger charge is -2.03. The molecule has 5 nitrogen and oxygen atoms in total. The fraction of sp³-hybridized carbons (Fsp3) is 0.833. The minimum atomic E-state index is -3.11. The van der Waals surface area contributed by atoms with E-state index in [9.17, 15) is 13.2 Å². The van der Waals surface area contributed by atoms with Crippen LogP contribution >= 0.6 is 12.6 Å². The summed E-state index contributed by atoms with van der Waals surface area (Å²) in [6, 6.07) is 0. The third-order valence-corrected chi connectivity index (χ3v) is 2.20. The highest BCUT2D eigenvalue weighted by Gasteiger charge is 1.99. The Labute approximate surface area is 83.7 Å². The van der Waals surface area contributed by atoms with Gasteiger partial charge in [0, 0.05) is 13.1 Å². The molecule has 0 bridgehead atoms. The van der Waals surface area contributed by atoms with Crippen LogP contribution in [0.2, 0.25) is 0 Å². The number of carbonyl (C=O) groups excluding carboxylic acids is 1. The molecule has 0 atom stereocenters. The van der Waals surface area contributed by atoms with E-state index in [1.807, 2.05) is 0 Å². The van der Waals surface area contributed by atoms with Crippen molar-refractivity contribution in [3.05, 3.63) is 0 Å². The molecule has 0 fully saturated rings. The van der Waals surface area contributed by atoms with Crippen LogP contribution in [0.5, 0.6) is 0 Å². The molecule has 7 heteroatoms. The Bertz CT molecular complexity index is 251. The van der Waals surface area contributed by atoms with Gasteiger partial charge in [-0.05, 0) is 6.42 Å². The van der Waals surface area contributed by atoms with Crippen LogP contribution in [0, 0.1) is 0 Å². The summed E-state index contributed by atoms with van der Waals surface area (Å²) in [6.07, 6.45) is 1.67. The highest BCUT2D eigenvalue weighted by molar-refractivity contribution is 7.88. The second-order valence-electron chi connectivity index (χ2n) is 2.53. The average Bonchev–Trinajstić information content (AvgIpc) is 2.01. The molecule has 0 heterocycles. The summed E-state index contributed by atoms with van der Waals surface area (Å²) < 4.78 is 23.5. The summed E-state index contributed by atoms with van der Waals surface area (Å²) >= 11 is 3.76. The number of amides is 1. The monoisotopic (exact) mass is 226 g/mol. The van der Waals surface area contributed by atoms with E-state index in [0.29, 0.717) is 19.5 Å². The largest absolute Gasteiger partial charge is 0.355 e. The van der Waals surface area contributed by atoms with Crippen LogP contribution in [0.15, 0.2) is 0 Å². The zero-order valence-electron chi connectivity index (χ0n) is 7.41. The molecule has 0 spiro atoms. The van der Waals surface area contributed by atoms with Crippen LogP contribution in [0.3, 0.4) is 0 Å². The SMILES string of the molecule is CS(=O)(=O)NCCCNC(=O)CS. The number of carbonyl (C=O) groups is 1. The Kier molecular flexibility index (Phi) is 6.10. The molecule has 0 aromatic heterocycles. The van der Waals surface area contributed by atoms with Crippen molar-refractivity contribution in [3.8, 4) is 0 Å². The second kappa shape index (κ2) is 6.22. The predicted molar refractivity (Wildman–Crippen MR) is 54.3 cm³/mol. The number of hydrogen-bond donors (Lipinski definition) is 3. The maximum atomic E-state index is 10.6. The smallest absolute Gasteiger partial charge is 0.229 e. The number of nitrogens with one attached hydrogen (secondary N) is 2. The maximum absolute atomic E-state index is 10.6. The predicted octanol–water partition coefficient (Wildman–Crippen LogP) is -1.03. The molecule has 0 aromatic rings. The zero-order chi connectivity index (χ0) is 10.3. The van der Waals surface area contributed by atoms with Crippen LogP contribution in [0.4, 0.5) is 0 Å². The molecule has 0 aliphatic carbocycles. The molecule has 0 saturated heterocycles. The lowest BCUT2D eigenvalue weighted by atomic mass is 10.4. The van der Waals surface area contributed by atoms with Crippen molar-refractivity contribution in [3.63, 3.8) is 0 Å². The number of hydrogen-bond acceptors (Lipinski definition) is 4. The van der Waals surface area contributed by atoms with Crippen LogP contribution in [-0.4, -0.2) is 39.4 Å². The van der Waals surface area contributed by atoms with Gasteiger partial charge in [-0.2, -0.15) is 12.6 Å². The van der Waals surface area contributed by atoms with Crippen molar-refractivity contribution in [2.24, 2.45) is 0 Å². The molecule has 78 valence electrons. The first-order chi connectivity index (χ1) is 5.95. The van der Waals surface area contributed by atoms with Gasteiger partial charge < -0.3 is 5.32 Å². The van der Waals surface area contributed by atoms with Gasteiger partial charge in [-0.3, -0.25) is 4.79 Å². The second-order valence-corrected chi connectivity index (χ2v) is 4.68. The first-order valence-electron chi connectivity index (χ1n) is 3.78. The third kappa shape index (κ3) is 9.65. The van der Waals surface area contributed by atoms with Crippen molar-refractivity contribution < 1.29 is 13.2 Å². The van der Waals surface area contributed by atoms with Gasteiger partial charge in [0.15, 0.2) is 0 Å². The normalized spacial score (nSPS) is 11.2. The van der Waals surface area contributed by atoms with E-state index < -0.39 is 10.0 Å². The van der Waals surface area contributed by atoms with Gasteiger partial charge in [-0.25, -0.2) is 13.1 Å². The van der Waals surface area contributed by atoms with Gasteiger partial charge in [0.05, 0.1) is 12.0 Å². The van der Waals surface area contributed by atoms with Gasteiger partial charge in [0.25, 0.3) is 0 Å². The van der Waals surface area contributed by atoms with Crippen molar-refractivity contribution in [1.29, 1.82) is 0 Å². The van der Waals surface area contributed by atoms with E-state index in [4.69, 9.17) is 0 Å². The quantitative estimate of drug-likeness (QED) is 0.400. The van der Waals surface area contributed by atoms with Crippen LogP contribution in [0.1, 0.15) is 6.42 Å². The van der Waals surface area contributed by atoms with Gasteiger partial charge in [-0.15, -0.1) is 0 Å². The van der Waals surface area contributed by atoms with Crippen molar-refractivity contribution in [2.75, 3.05) is 25.1 Å². The summed E-state index contributed by atoms with van der Waals surface area (Å²) in [5, 5.41) is 2.57. The molecule has 0 aliphatic rings. The van der Waals surface area contributed by atoms with E-state index in [1.165, 1.54) is 0 Å². The third-order valence-electron chi connectivity index (χ3n) is 1.18. The van der Waals surface area contributed by atoms with Gasteiger partial charge in [-0.1, -0.05) is 0 Å². The molecule has 0 radical (unpaired) electrons. The highest BCUT2D eigenvalue weighted by atomic mass is 32.2. The summed E-state index contributed by atoms with van der Waals surface area (Å²) in [5.74, 6) is 0.00200. The molecule has 0 unspecified atom stereocenters. The molecule has 0 rings (SSSR count). The summed E-state index contributed by atoms with van der Waals surface area (Å²) in [6.45, 7) is 0.799. The Balaban J connectivity index is 3.33. The van der Waals surface area contributed by atoms with E-state index in [1.54, 1.807) is 0 Å². The summed E-state index contributed by atoms with van der Waals surface area (Å²) in [4.78, 5) is 10.6. The van der Waals surface area contributed by atoms with Crippen molar-refractivity contribution in [2.45, 2.75) is 6.42 Å². The van der Waals surface area contributed by atoms with Gasteiger partial charge >= 0.3 is 0 Å². The van der Waals surface area contributed by atoms with E-state index in [-0.39, 0.29) is 11.7 Å². The van der Waals surface area contributed by atoms with Crippen LogP contribution in [-0.2, 0) is 14.8 Å². The fourth-order valence-corrected chi connectivity index (χ4v) is 1.26. The maximum Gasteiger partial charge on any atom is 0.229 e. The molecule has 1 amide bonds. The fourth-order valence-electron chi connectivity index (χ4n) is 0.630. The number of sulfonamides is 1. The number of rotatable bonds is 6. The Morgan fingerprint density at radius 2 is 2.00 bits per heavy atom. The van der Waals surface area contributed by atoms with Gasteiger partial charge in [0.1, 0.15) is 0 Å². The molecule has 0 saturated carbocycles. The number of thiol groups is 1. The van der Waals surface area contributed by atoms with E-state index >= 15 is 0 Å². The van der Waals surface area contributed by atoms with E-state index in [2.05, 4.69) is 22.7 Å². The Hall–Kier alpha value is -0.270. The molecular formula is C6H14N2O3S2. The highest BCUT2D eigenvalue weighted by Crippen LogP contribution is 1.79. The minimum absolute atomic E-state index is 0.150. The summed E-state index contributed by atoms with van der Waals surface area (Å²) in [5.41, 5.74) is 0. The zero-order valence-corrected chi connectivity index (χ0v) is 9.12. The Morgan fingerprint density at radius 3 is 2.46 bits per heavy atom. The molecule has 13 heavy (non-hydrogen) atoms. The molecular weight excluding hydrogens is 212 g/mol. The standard InChI is InChI=1S/C6H14N2O3S2/c1-13(10,11)8-4-2-3-7-6(9)5-12/h8,12H,2-5H2,1H3,(H,7,9). The molecule has 0 aromatic carbocycles. The first kappa shape index (κ1) is 12.7. The van der Waals surface area contributed by atoms with Crippen molar-refractivity contribution in [1.82, 2.24) is 10.0 Å². The lowest BCUT2D eigenvalue weighted by Crippen LogP contribution is -2.29. The van der Waals surface area contributed by atoms with Crippen molar-refractivity contribution >= 4 is 28.6 Å². The lowest BCUT2D eigenvalue weighted by molar-refractivity contribution is -0.118. The van der Waals surface area contributed by atoms with Crippen LogP contribution in [0.25, 0.3) is 0 Å². The minimum Gasteiger partial charge on any atom is -0.355 e. The average molecular weight is 226 g/mol. The molecule has 2 N–H and O–H groups in total. The Morgan fingerprint density at radius 1 is 1.38 bits per heavy atom. The topological polar surface area (TPSA) is 75.3 Å². The molecule has 0 aliphatic heterocycles.